The van der Waals surface area contributed by atoms with E-state index in [0.717, 1.165) is 0 Å². The summed E-state index contributed by atoms with van der Waals surface area (Å²) in [4.78, 5) is 9.96. The lowest BCUT2D eigenvalue weighted by Crippen LogP contribution is -2.47. The van der Waals surface area contributed by atoms with Crippen molar-refractivity contribution in [2.45, 2.75) is 11.7 Å². The zero-order valence-electron chi connectivity index (χ0n) is 4.66. The maximum atomic E-state index is 9.96. The van der Waals surface area contributed by atoms with E-state index in [1.165, 1.54) is 0 Å². The number of hydrogen-bond donors (Lipinski definition) is 3. The minimum absolute atomic E-state index is 0.340. The van der Waals surface area contributed by atoms with Crippen LogP contribution in [0.15, 0.2) is 0 Å². The van der Waals surface area contributed by atoms with Crippen molar-refractivity contribution in [3.05, 3.63) is 0 Å². The summed E-state index contributed by atoms with van der Waals surface area (Å²) < 4.78 is 0. The molecule has 0 rings (SSSR count). The monoisotopic (exact) mass is 134 g/mol. The molecule has 8 heavy (non-hydrogen) atoms. The third kappa shape index (κ3) is 2.06. The lowest BCUT2D eigenvalue weighted by Gasteiger charge is -2.08. The lowest BCUT2D eigenvalue weighted by atomic mass is 10.3. The molecule has 0 aromatic carbocycles. The first kappa shape index (κ1) is 7.61. The van der Waals surface area contributed by atoms with E-state index in [0.29, 0.717) is 10.2 Å². The Kier molecular flexibility index (Phi) is 2.67. The average molecular weight is 134 g/mol. The molecule has 0 saturated heterocycles. The Labute approximate surface area is 50.3 Å². The predicted octanol–water partition coefficient (Wildman–Crippen LogP) is -2.95. The second-order valence-electron chi connectivity index (χ2n) is 1.72. The van der Waals surface area contributed by atoms with Gasteiger partial charge in [0.15, 0.2) is 0 Å². The molecule has 0 aliphatic heterocycles. The summed E-state index contributed by atoms with van der Waals surface area (Å²) in [5.74, 6) is -1.02. The average Bonchev–Trinajstić information content (AvgIpc) is 1.64. The molecule has 0 aliphatic rings. The quantitative estimate of drug-likeness (QED) is 0.352. The van der Waals surface area contributed by atoms with Gasteiger partial charge in [-0.3, -0.25) is 4.79 Å². The van der Waals surface area contributed by atoms with Crippen LogP contribution in [0, 0.1) is 0 Å². The molecule has 0 bridgehead atoms. The second-order valence-corrected chi connectivity index (χ2v) is 3.06. The molecule has 48 valence electrons. The van der Waals surface area contributed by atoms with Crippen LogP contribution in [0.25, 0.3) is 0 Å². The molecule has 0 radical (unpaired) electrons. The van der Waals surface area contributed by atoms with Gasteiger partial charge in [-0.1, -0.05) is 0 Å². The van der Waals surface area contributed by atoms with E-state index >= 15 is 0 Å². The van der Waals surface area contributed by atoms with Crippen LogP contribution in [0.3, 0.4) is 0 Å². The largest absolute Gasteiger partial charge is 0.480 e. The molecule has 2 atom stereocenters. The van der Waals surface area contributed by atoms with Crippen molar-refractivity contribution in [3.8, 4) is 0 Å². The van der Waals surface area contributed by atoms with Crippen molar-refractivity contribution in [1.82, 2.24) is 0 Å². The van der Waals surface area contributed by atoms with Gasteiger partial charge >= 0.3 is 5.97 Å². The summed E-state index contributed by atoms with van der Waals surface area (Å²) in [6.45, 7) is 0. The van der Waals surface area contributed by atoms with Gasteiger partial charge < -0.3 is 16.6 Å². The summed E-state index contributed by atoms with van der Waals surface area (Å²) in [6.07, 6.45) is 0. The SMILES string of the molecule is NC([SiH3])C(N)C(=O)O. The van der Waals surface area contributed by atoms with E-state index in [4.69, 9.17) is 16.6 Å². The molecule has 5 N–H and O–H groups in total. The minimum atomic E-state index is -1.02. The third-order valence-corrected chi connectivity index (χ3v) is 1.57. The van der Waals surface area contributed by atoms with Gasteiger partial charge in [-0.2, -0.15) is 0 Å². The first-order valence-electron chi connectivity index (χ1n) is 2.29. The Bertz CT molecular complexity index is 95.3. The standard InChI is InChI=1S/C3H10N2O2Si/c4-1(2(5)8)3(6)7/h1-2H,4-5H2,8H3,(H,6,7). The summed E-state index contributed by atoms with van der Waals surface area (Å²) in [6, 6.07) is -0.873. The van der Waals surface area contributed by atoms with Crippen molar-refractivity contribution in [3.63, 3.8) is 0 Å². The summed E-state index contributed by atoms with van der Waals surface area (Å²) in [5, 5.41) is 8.17. The first-order chi connectivity index (χ1) is 3.55. The van der Waals surface area contributed by atoms with E-state index < -0.39 is 12.0 Å². The molecule has 0 fully saturated rings. The van der Waals surface area contributed by atoms with Gasteiger partial charge in [0.1, 0.15) is 6.04 Å². The number of carboxylic acid groups (broad SMARTS) is 1. The maximum absolute atomic E-state index is 9.96. The Morgan fingerprint density at radius 1 is 1.62 bits per heavy atom. The zero-order valence-corrected chi connectivity index (χ0v) is 6.66. The number of carboxylic acids is 1. The van der Waals surface area contributed by atoms with E-state index in [9.17, 15) is 4.79 Å². The highest BCUT2D eigenvalue weighted by molar-refractivity contribution is 6.13. The topological polar surface area (TPSA) is 89.3 Å². The van der Waals surface area contributed by atoms with Gasteiger partial charge in [0.25, 0.3) is 0 Å². The van der Waals surface area contributed by atoms with Gasteiger partial charge in [0.05, 0.1) is 0 Å². The van der Waals surface area contributed by atoms with Crippen LogP contribution in [0.1, 0.15) is 0 Å². The molecule has 0 amide bonds. The van der Waals surface area contributed by atoms with Crippen LogP contribution in [0.4, 0.5) is 0 Å². The first-order valence-corrected chi connectivity index (χ1v) is 3.45. The number of nitrogens with two attached hydrogens (primary N) is 2. The fraction of sp³-hybridized carbons (Fsp3) is 0.667. The Balaban J connectivity index is 3.64. The summed E-state index contributed by atoms with van der Waals surface area (Å²) >= 11 is 0. The van der Waals surface area contributed by atoms with Crippen LogP contribution in [-0.2, 0) is 4.79 Å². The van der Waals surface area contributed by atoms with Gasteiger partial charge in [0.2, 0.25) is 0 Å². The van der Waals surface area contributed by atoms with Crippen molar-refractivity contribution in [1.29, 1.82) is 0 Å². The van der Waals surface area contributed by atoms with Crippen molar-refractivity contribution >= 4 is 16.2 Å². The summed E-state index contributed by atoms with van der Waals surface area (Å²) in [5.41, 5.74) is 9.92. The molecule has 5 heteroatoms. The van der Waals surface area contributed by atoms with Crippen LogP contribution in [0.5, 0.6) is 0 Å². The van der Waals surface area contributed by atoms with Crippen LogP contribution >= 0.6 is 0 Å². The second kappa shape index (κ2) is 2.80. The smallest absolute Gasteiger partial charge is 0.321 e. The van der Waals surface area contributed by atoms with E-state index in [2.05, 4.69) is 0 Å². The zero-order chi connectivity index (χ0) is 6.73. The van der Waals surface area contributed by atoms with Crippen molar-refractivity contribution in [2.75, 3.05) is 0 Å². The van der Waals surface area contributed by atoms with E-state index in [1.54, 1.807) is 0 Å². The predicted molar refractivity (Wildman–Crippen MR) is 33.5 cm³/mol. The lowest BCUT2D eigenvalue weighted by molar-refractivity contribution is -0.138. The van der Waals surface area contributed by atoms with Gasteiger partial charge in [-0.05, 0) is 0 Å². The molecule has 0 heterocycles. The number of rotatable bonds is 2. The highest BCUT2D eigenvalue weighted by Crippen LogP contribution is 1.78. The molecule has 0 aromatic rings. The van der Waals surface area contributed by atoms with Crippen LogP contribution in [-0.4, -0.2) is 33.0 Å². The fourth-order valence-corrected chi connectivity index (χ4v) is 0.510. The minimum Gasteiger partial charge on any atom is -0.480 e. The number of aliphatic carboxylic acids is 1. The van der Waals surface area contributed by atoms with Crippen LogP contribution in [0.2, 0.25) is 0 Å². The molecular formula is C3H10N2O2Si. The number of hydrogen-bond acceptors (Lipinski definition) is 3. The number of carbonyl (C=O) groups is 1. The molecule has 0 saturated carbocycles. The fourth-order valence-electron chi connectivity index (χ4n) is 0.225. The highest BCUT2D eigenvalue weighted by Gasteiger charge is 2.14. The Morgan fingerprint density at radius 3 is 2.00 bits per heavy atom. The Hall–Kier alpha value is -0.393. The van der Waals surface area contributed by atoms with E-state index in [-0.39, 0.29) is 5.67 Å². The van der Waals surface area contributed by atoms with Crippen molar-refractivity contribution in [2.24, 2.45) is 11.5 Å². The Morgan fingerprint density at radius 2 is 2.00 bits per heavy atom. The normalized spacial score (nSPS) is 17.8. The van der Waals surface area contributed by atoms with E-state index in [1.807, 2.05) is 0 Å². The third-order valence-electron chi connectivity index (χ3n) is 0.852. The molecular weight excluding hydrogens is 124 g/mol. The molecule has 4 nitrogen and oxygen atoms in total. The summed E-state index contributed by atoms with van der Waals surface area (Å²) in [7, 11) is 0.623. The van der Waals surface area contributed by atoms with Gasteiger partial charge in [0, 0.05) is 15.9 Å². The molecule has 2 unspecified atom stereocenters. The van der Waals surface area contributed by atoms with Crippen LogP contribution < -0.4 is 11.5 Å². The van der Waals surface area contributed by atoms with Crippen molar-refractivity contribution < 1.29 is 9.90 Å². The molecule has 0 aromatic heterocycles. The van der Waals surface area contributed by atoms with Gasteiger partial charge in [-0.15, -0.1) is 0 Å². The maximum Gasteiger partial charge on any atom is 0.321 e. The highest BCUT2D eigenvalue weighted by atomic mass is 28.1. The molecule has 0 aliphatic carbocycles. The van der Waals surface area contributed by atoms with Gasteiger partial charge in [-0.25, -0.2) is 0 Å². The molecule has 0 spiro atoms.